The van der Waals surface area contributed by atoms with Gasteiger partial charge in [0.15, 0.2) is 0 Å². The predicted molar refractivity (Wildman–Crippen MR) is 103 cm³/mol. The molecule has 2 aromatic rings. The fraction of sp³-hybridized carbons (Fsp3) is 0.286. The van der Waals surface area contributed by atoms with Crippen LogP contribution in [0.1, 0.15) is 30.5 Å². The summed E-state index contributed by atoms with van der Waals surface area (Å²) in [6.07, 6.45) is 0.494. The lowest BCUT2D eigenvalue weighted by Gasteiger charge is -2.24. The van der Waals surface area contributed by atoms with E-state index in [1.165, 1.54) is 29.0 Å². The second-order valence-electron chi connectivity index (χ2n) is 6.66. The molecule has 6 nitrogen and oxygen atoms in total. The minimum atomic E-state index is -0.329. The van der Waals surface area contributed by atoms with Crippen LogP contribution in [0.2, 0.25) is 0 Å². The Balaban J connectivity index is 1.91. The third-order valence-electron chi connectivity index (χ3n) is 4.75. The maximum atomic E-state index is 13.3. The van der Waals surface area contributed by atoms with Crippen LogP contribution in [0.15, 0.2) is 53.6 Å². The van der Waals surface area contributed by atoms with E-state index in [0.717, 1.165) is 16.9 Å². The minimum absolute atomic E-state index is 0.0673. The number of hydrogen-bond donors (Lipinski definition) is 0. The van der Waals surface area contributed by atoms with E-state index < -0.39 is 0 Å². The van der Waals surface area contributed by atoms with Gasteiger partial charge in [0.2, 0.25) is 5.91 Å². The van der Waals surface area contributed by atoms with Crippen molar-refractivity contribution in [3.8, 4) is 5.75 Å². The fourth-order valence-corrected chi connectivity index (χ4v) is 3.03. The number of benzene rings is 2. The molecule has 0 N–H and O–H groups in total. The van der Waals surface area contributed by atoms with E-state index in [-0.39, 0.29) is 30.2 Å². The molecule has 2 aromatic carbocycles. The Kier molecular flexibility index (Phi) is 5.73. The average Bonchev–Trinajstić information content (AvgIpc) is 3.14. The van der Waals surface area contributed by atoms with Gasteiger partial charge in [-0.05, 0) is 35.4 Å². The van der Waals surface area contributed by atoms with Crippen molar-refractivity contribution in [3.05, 3.63) is 65.5 Å². The summed E-state index contributed by atoms with van der Waals surface area (Å²) < 4.78 is 18.5. The van der Waals surface area contributed by atoms with Crippen LogP contribution in [0.3, 0.4) is 0 Å². The lowest BCUT2D eigenvalue weighted by Crippen LogP contribution is -2.38. The van der Waals surface area contributed by atoms with Crippen LogP contribution in [0, 0.1) is 5.82 Å². The molecule has 0 saturated carbocycles. The molecule has 0 fully saturated rings. The summed E-state index contributed by atoms with van der Waals surface area (Å²) in [5, 5.41) is 5.93. The predicted octanol–water partition coefficient (Wildman–Crippen LogP) is 2.99. The molecule has 1 aliphatic heterocycles. The first-order valence-electron chi connectivity index (χ1n) is 8.90. The first kappa shape index (κ1) is 19.5. The van der Waals surface area contributed by atoms with Crippen LogP contribution >= 0.6 is 0 Å². The molecule has 3 rings (SSSR count). The smallest absolute Gasteiger partial charge is 0.262 e. The van der Waals surface area contributed by atoms with Gasteiger partial charge in [0, 0.05) is 20.4 Å². The summed E-state index contributed by atoms with van der Waals surface area (Å²) >= 11 is 0. The highest BCUT2D eigenvalue weighted by atomic mass is 19.1. The molecule has 0 saturated heterocycles. The van der Waals surface area contributed by atoms with E-state index in [2.05, 4.69) is 5.10 Å². The fourth-order valence-electron chi connectivity index (χ4n) is 3.03. The Morgan fingerprint density at radius 2 is 1.82 bits per heavy atom. The van der Waals surface area contributed by atoms with Gasteiger partial charge in [-0.15, -0.1) is 0 Å². The molecule has 146 valence electrons. The van der Waals surface area contributed by atoms with E-state index in [1.54, 1.807) is 26.3 Å². The Labute approximate surface area is 163 Å². The number of hydrazone groups is 1. The number of rotatable bonds is 5. The zero-order valence-electron chi connectivity index (χ0n) is 16.1. The highest BCUT2D eigenvalue weighted by molar-refractivity contribution is 6.03. The third kappa shape index (κ3) is 4.19. The van der Waals surface area contributed by atoms with Gasteiger partial charge in [0.05, 0.1) is 18.9 Å². The van der Waals surface area contributed by atoms with Crippen molar-refractivity contribution >= 4 is 17.5 Å². The Morgan fingerprint density at radius 3 is 2.39 bits per heavy atom. The Morgan fingerprint density at radius 1 is 1.18 bits per heavy atom. The first-order chi connectivity index (χ1) is 13.4. The molecule has 0 aliphatic carbocycles. The summed E-state index contributed by atoms with van der Waals surface area (Å²) in [6, 6.07) is 13.2. The largest absolute Gasteiger partial charge is 0.497 e. The summed E-state index contributed by atoms with van der Waals surface area (Å²) in [4.78, 5) is 25.7. The van der Waals surface area contributed by atoms with Crippen LogP contribution in [0.4, 0.5) is 4.39 Å². The van der Waals surface area contributed by atoms with Crippen molar-refractivity contribution in [1.82, 2.24) is 9.91 Å². The van der Waals surface area contributed by atoms with Gasteiger partial charge in [0.25, 0.3) is 5.91 Å². The van der Waals surface area contributed by atoms with E-state index in [1.807, 2.05) is 24.3 Å². The molecule has 0 radical (unpaired) electrons. The van der Waals surface area contributed by atoms with Crippen LogP contribution < -0.4 is 4.74 Å². The second-order valence-corrected chi connectivity index (χ2v) is 6.66. The van der Waals surface area contributed by atoms with Gasteiger partial charge < -0.3 is 9.64 Å². The third-order valence-corrected chi connectivity index (χ3v) is 4.75. The number of ether oxygens (including phenoxy) is 1. The number of carbonyl (C=O) groups excluding carboxylic acids is 2. The maximum Gasteiger partial charge on any atom is 0.262 e. The summed E-state index contributed by atoms with van der Waals surface area (Å²) in [5.41, 5.74) is 2.36. The molecule has 1 atom stereocenters. The molecular weight excluding hydrogens is 361 g/mol. The highest BCUT2D eigenvalue weighted by Crippen LogP contribution is 2.33. The maximum absolute atomic E-state index is 13.3. The summed E-state index contributed by atoms with van der Waals surface area (Å²) in [5.74, 6) is -0.0902. The molecule has 0 aromatic heterocycles. The van der Waals surface area contributed by atoms with E-state index in [0.29, 0.717) is 12.1 Å². The monoisotopic (exact) mass is 383 g/mol. The van der Waals surface area contributed by atoms with Crippen molar-refractivity contribution in [2.45, 2.75) is 19.4 Å². The molecule has 0 bridgehead atoms. The van der Waals surface area contributed by atoms with E-state index in [9.17, 15) is 14.0 Å². The zero-order chi connectivity index (χ0) is 20.3. The SMILES string of the molecule is COc1ccc([C@@H]2CC(c3ccc(F)cc3)=NN2C(=O)CN(C)C(C)=O)cc1. The molecule has 2 amide bonds. The van der Waals surface area contributed by atoms with Crippen molar-refractivity contribution in [1.29, 1.82) is 0 Å². The number of methoxy groups -OCH3 is 1. The lowest BCUT2D eigenvalue weighted by atomic mass is 9.98. The van der Waals surface area contributed by atoms with Crippen LogP contribution in [0.25, 0.3) is 0 Å². The molecule has 1 aliphatic rings. The minimum Gasteiger partial charge on any atom is -0.497 e. The van der Waals surface area contributed by atoms with Crippen molar-refractivity contribution in [2.75, 3.05) is 20.7 Å². The van der Waals surface area contributed by atoms with Crippen LogP contribution in [-0.2, 0) is 9.59 Å². The van der Waals surface area contributed by atoms with Gasteiger partial charge in [-0.3, -0.25) is 9.59 Å². The van der Waals surface area contributed by atoms with Gasteiger partial charge in [0.1, 0.15) is 18.1 Å². The van der Waals surface area contributed by atoms with Gasteiger partial charge in [-0.2, -0.15) is 5.10 Å². The van der Waals surface area contributed by atoms with E-state index >= 15 is 0 Å². The topological polar surface area (TPSA) is 62.2 Å². The normalized spacial score (nSPS) is 15.9. The molecule has 28 heavy (non-hydrogen) atoms. The van der Waals surface area contributed by atoms with Crippen LogP contribution in [0.5, 0.6) is 5.75 Å². The number of hydrogen-bond acceptors (Lipinski definition) is 4. The Hall–Kier alpha value is -3.22. The quantitative estimate of drug-likeness (QED) is 0.797. The number of amides is 2. The van der Waals surface area contributed by atoms with E-state index in [4.69, 9.17) is 4.74 Å². The van der Waals surface area contributed by atoms with Crippen molar-refractivity contribution < 1.29 is 18.7 Å². The number of halogens is 1. The first-order valence-corrected chi connectivity index (χ1v) is 8.90. The summed E-state index contributed by atoms with van der Waals surface area (Å²) in [7, 11) is 3.16. The number of nitrogens with zero attached hydrogens (tertiary/aromatic N) is 3. The molecular formula is C21H22FN3O3. The number of likely N-dealkylation sites (N-methyl/N-ethyl adjacent to an activating group) is 1. The Bertz CT molecular complexity index is 894. The van der Waals surface area contributed by atoms with Gasteiger partial charge >= 0.3 is 0 Å². The zero-order valence-corrected chi connectivity index (χ0v) is 16.1. The molecule has 7 heteroatoms. The summed E-state index contributed by atoms with van der Waals surface area (Å²) in [6.45, 7) is 1.34. The average molecular weight is 383 g/mol. The van der Waals surface area contributed by atoms with Crippen molar-refractivity contribution in [3.63, 3.8) is 0 Å². The molecule has 1 heterocycles. The van der Waals surface area contributed by atoms with Crippen molar-refractivity contribution in [2.24, 2.45) is 5.10 Å². The van der Waals surface area contributed by atoms with Crippen LogP contribution in [-0.4, -0.2) is 48.1 Å². The molecule has 0 spiro atoms. The second kappa shape index (κ2) is 8.21. The standard InChI is InChI=1S/C21H22FN3O3/c1-14(26)24(2)13-21(27)25-20(16-6-10-18(28-3)11-7-16)12-19(23-25)15-4-8-17(22)9-5-15/h4-11,20H,12-13H2,1-3H3/t20-/m0/s1. The lowest BCUT2D eigenvalue weighted by molar-refractivity contribution is -0.139. The molecule has 0 unspecified atom stereocenters. The van der Waals surface area contributed by atoms with Gasteiger partial charge in [-0.25, -0.2) is 9.40 Å². The highest BCUT2D eigenvalue weighted by Gasteiger charge is 2.33. The van der Waals surface area contributed by atoms with Gasteiger partial charge in [-0.1, -0.05) is 24.3 Å². The number of carbonyl (C=O) groups is 2.